The second-order valence-corrected chi connectivity index (χ2v) is 4.65. The lowest BCUT2D eigenvalue weighted by Gasteiger charge is -2.09. The van der Waals surface area contributed by atoms with E-state index in [1.165, 1.54) is 11.8 Å². The summed E-state index contributed by atoms with van der Waals surface area (Å²) in [6.45, 7) is 3.75. The van der Waals surface area contributed by atoms with Gasteiger partial charge < -0.3 is 0 Å². The fourth-order valence-corrected chi connectivity index (χ4v) is 2.04. The van der Waals surface area contributed by atoms with E-state index in [9.17, 15) is 4.79 Å². The SMILES string of the molecule is CSc1nnc(C)n1NC(=O)c1cccc(C)c1. The second kappa shape index (κ2) is 5.22. The number of hydrogen-bond donors (Lipinski definition) is 1. The van der Waals surface area contributed by atoms with Gasteiger partial charge >= 0.3 is 0 Å². The number of nitrogens with one attached hydrogen (secondary N) is 1. The summed E-state index contributed by atoms with van der Waals surface area (Å²) in [5, 5.41) is 8.55. The van der Waals surface area contributed by atoms with Crippen LogP contribution in [0.4, 0.5) is 0 Å². The molecule has 0 aliphatic rings. The molecule has 0 aliphatic carbocycles. The number of carbonyl (C=O) groups is 1. The van der Waals surface area contributed by atoms with Crippen molar-refractivity contribution in [2.24, 2.45) is 0 Å². The molecule has 0 unspecified atom stereocenters. The van der Waals surface area contributed by atoms with Gasteiger partial charge in [-0.15, -0.1) is 10.2 Å². The lowest BCUT2D eigenvalue weighted by atomic mass is 10.1. The van der Waals surface area contributed by atoms with Crippen LogP contribution in [0.15, 0.2) is 29.4 Å². The third kappa shape index (κ3) is 2.53. The van der Waals surface area contributed by atoms with Crippen molar-refractivity contribution >= 4 is 17.7 Å². The molecule has 0 aliphatic heterocycles. The van der Waals surface area contributed by atoms with Gasteiger partial charge in [0.2, 0.25) is 5.16 Å². The number of aryl methyl sites for hydroxylation is 2. The minimum Gasteiger partial charge on any atom is -0.267 e. The van der Waals surface area contributed by atoms with Gasteiger partial charge in [-0.1, -0.05) is 29.5 Å². The maximum Gasteiger partial charge on any atom is 0.270 e. The van der Waals surface area contributed by atoms with E-state index in [2.05, 4.69) is 15.6 Å². The van der Waals surface area contributed by atoms with Crippen LogP contribution in [0.2, 0.25) is 0 Å². The molecule has 1 aromatic heterocycles. The lowest BCUT2D eigenvalue weighted by Crippen LogP contribution is -2.24. The highest BCUT2D eigenvalue weighted by Crippen LogP contribution is 2.12. The first kappa shape index (κ1) is 12.6. The van der Waals surface area contributed by atoms with Gasteiger partial charge in [-0.25, -0.2) is 4.68 Å². The van der Waals surface area contributed by atoms with Gasteiger partial charge in [-0.3, -0.25) is 10.2 Å². The first-order valence-electron chi connectivity index (χ1n) is 5.46. The van der Waals surface area contributed by atoms with E-state index >= 15 is 0 Å². The van der Waals surface area contributed by atoms with E-state index in [0.29, 0.717) is 16.5 Å². The number of benzene rings is 1. The molecule has 0 saturated heterocycles. The van der Waals surface area contributed by atoms with Gasteiger partial charge in [-0.2, -0.15) is 0 Å². The minimum absolute atomic E-state index is 0.170. The molecule has 0 bridgehead atoms. The molecule has 1 heterocycles. The zero-order chi connectivity index (χ0) is 13.1. The summed E-state index contributed by atoms with van der Waals surface area (Å²) >= 11 is 1.43. The standard InChI is InChI=1S/C12H14N4OS/c1-8-5-4-6-10(7-8)11(17)15-16-9(2)13-14-12(16)18-3/h4-7H,1-3H3,(H,15,17). The average molecular weight is 262 g/mol. The molecule has 0 spiro atoms. The van der Waals surface area contributed by atoms with Gasteiger partial charge in [0.1, 0.15) is 5.82 Å². The van der Waals surface area contributed by atoms with Crippen molar-refractivity contribution in [3.63, 3.8) is 0 Å². The summed E-state index contributed by atoms with van der Waals surface area (Å²) in [5.41, 5.74) is 4.45. The van der Waals surface area contributed by atoms with E-state index in [1.807, 2.05) is 31.4 Å². The van der Waals surface area contributed by atoms with E-state index in [1.54, 1.807) is 17.7 Å². The van der Waals surface area contributed by atoms with Crippen molar-refractivity contribution in [3.8, 4) is 0 Å². The summed E-state index contributed by atoms with van der Waals surface area (Å²) in [4.78, 5) is 12.1. The Balaban J connectivity index is 2.24. The van der Waals surface area contributed by atoms with Crippen molar-refractivity contribution in [1.29, 1.82) is 0 Å². The van der Waals surface area contributed by atoms with Crippen LogP contribution in [-0.2, 0) is 0 Å². The summed E-state index contributed by atoms with van der Waals surface area (Å²) in [7, 11) is 0. The Kier molecular flexibility index (Phi) is 3.66. The number of hydrogen-bond acceptors (Lipinski definition) is 4. The highest BCUT2D eigenvalue weighted by atomic mass is 32.2. The Morgan fingerprint density at radius 1 is 1.33 bits per heavy atom. The number of aromatic nitrogens is 3. The highest BCUT2D eigenvalue weighted by molar-refractivity contribution is 7.98. The molecule has 18 heavy (non-hydrogen) atoms. The van der Waals surface area contributed by atoms with E-state index in [-0.39, 0.29) is 5.91 Å². The van der Waals surface area contributed by atoms with E-state index in [0.717, 1.165) is 5.56 Å². The summed E-state index contributed by atoms with van der Waals surface area (Å²) < 4.78 is 1.59. The molecule has 0 fully saturated rings. The van der Waals surface area contributed by atoms with Gasteiger partial charge in [0.25, 0.3) is 5.91 Å². The molecule has 0 atom stereocenters. The molecule has 5 nitrogen and oxygen atoms in total. The van der Waals surface area contributed by atoms with Crippen LogP contribution in [0.3, 0.4) is 0 Å². The molecular formula is C12H14N4OS. The van der Waals surface area contributed by atoms with Crippen molar-refractivity contribution in [1.82, 2.24) is 14.9 Å². The smallest absolute Gasteiger partial charge is 0.267 e. The predicted molar refractivity (Wildman–Crippen MR) is 71.4 cm³/mol. The molecular weight excluding hydrogens is 248 g/mol. The molecule has 1 aromatic carbocycles. The summed E-state index contributed by atoms with van der Waals surface area (Å²) in [5.74, 6) is 0.484. The third-order valence-electron chi connectivity index (χ3n) is 2.47. The molecule has 0 saturated carbocycles. The van der Waals surface area contributed by atoms with Crippen LogP contribution in [-0.4, -0.2) is 27.0 Å². The van der Waals surface area contributed by atoms with Gasteiger partial charge in [0, 0.05) is 5.56 Å². The van der Waals surface area contributed by atoms with Crippen molar-refractivity contribution in [2.75, 3.05) is 11.7 Å². The average Bonchev–Trinajstić information content (AvgIpc) is 2.70. The topological polar surface area (TPSA) is 59.8 Å². The van der Waals surface area contributed by atoms with Gasteiger partial charge in [-0.05, 0) is 32.2 Å². The largest absolute Gasteiger partial charge is 0.270 e. The molecule has 6 heteroatoms. The fourth-order valence-electron chi connectivity index (χ4n) is 1.56. The monoisotopic (exact) mass is 262 g/mol. The molecule has 94 valence electrons. The number of rotatable bonds is 3. The second-order valence-electron chi connectivity index (χ2n) is 3.88. The number of carbonyl (C=O) groups excluding carboxylic acids is 1. The van der Waals surface area contributed by atoms with Crippen LogP contribution in [0.25, 0.3) is 0 Å². The predicted octanol–water partition coefficient (Wildman–Crippen LogP) is 2.00. The quantitative estimate of drug-likeness (QED) is 0.859. The minimum atomic E-state index is -0.170. The first-order chi connectivity index (χ1) is 8.61. The van der Waals surface area contributed by atoms with Crippen molar-refractivity contribution in [2.45, 2.75) is 19.0 Å². The number of nitrogens with zero attached hydrogens (tertiary/aromatic N) is 3. The Bertz CT molecular complexity index is 579. The Morgan fingerprint density at radius 3 is 2.78 bits per heavy atom. The first-order valence-corrected chi connectivity index (χ1v) is 6.68. The lowest BCUT2D eigenvalue weighted by molar-refractivity contribution is 0.100. The highest BCUT2D eigenvalue weighted by Gasteiger charge is 2.12. The molecule has 1 N–H and O–H groups in total. The normalized spacial score (nSPS) is 10.4. The molecule has 2 rings (SSSR count). The third-order valence-corrected chi connectivity index (χ3v) is 3.10. The Morgan fingerprint density at radius 2 is 2.11 bits per heavy atom. The van der Waals surface area contributed by atoms with Crippen LogP contribution in [0.1, 0.15) is 21.7 Å². The number of thioether (sulfide) groups is 1. The number of amides is 1. The molecule has 2 aromatic rings. The van der Waals surface area contributed by atoms with Gasteiger partial charge in [0.15, 0.2) is 0 Å². The van der Waals surface area contributed by atoms with Crippen molar-refractivity contribution < 1.29 is 4.79 Å². The van der Waals surface area contributed by atoms with Crippen molar-refractivity contribution in [3.05, 3.63) is 41.2 Å². The van der Waals surface area contributed by atoms with Crippen LogP contribution >= 0.6 is 11.8 Å². The maximum absolute atomic E-state index is 12.1. The fraction of sp³-hybridized carbons (Fsp3) is 0.250. The summed E-state index contributed by atoms with van der Waals surface area (Å²) in [6.07, 6.45) is 1.89. The van der Waals surface area contributed by atoms with Crippen LogP contribution in [0.5, 0.6) is 0 Å². The summed E-state index contributed by atoms with van der Waals surface area (Å²) in [6, 6.07) is 7.43. The maximum atomic E-state index is 12.1. The van der Waals surface area contributed by atoms with E-state index < -0.39 is 0 Å². The molecule has 1 amide bonds. The Labute approximate surface area is 110 Å². The van der Waals surface area contributed by atoms with Gasteiger partial charge in [0.05, 0.1) is 0 Å². The zero-order valence-corrected chi connectivity index (χ0v) is 11.3. The van der Waals surface area contributed by atoms with Crippen LogP contribution in [0, 0.1) is 13.8 Å². The Hall–Kier alpha value is -1.82. The zero-order valence-electron chi connectivity index (χ0n) is 10.5. The molecule has 0 radical (unpaired) electrons. The van der Waals surface area contributed by atoms with E-state index in [4.69, 9.17) is 0 Å². The van der Waals surface area contributed by atoms with Crippen LogP contribution < -0.4 is 5.43 Å².